The predicted octanol–water partition coefficient (Wildman–Crippen LogP) is 2.20. The van der Waals surface area contributed by atoms with Crippen LogP contribution in [0.2, 0.25) is 0 Å². The maximum absolute atomic E-state index is 12.8. The summed E-state index contributed by atoms with van der Waals surface area (Å²) < 4.78 is 27.2. The number of aromatic nitrogens is 3. The number of rotatable bonds is 6. The van der Waals surface area contributed by atoms with Crippen LogP contribution in [-0.4, -0.2) is 46.9 Å². The van der Waals surface area contributed by atoms with Crippen LogP contribution in [0.3, 0.4) is 0 Å². The molecule has 1 fully saturated rings. The summed E-state index contributed by atoms with van der Waals surface area (Å²) in [6.07, 6.45) is 1.80. The Morgan fingerprint density at radius 1 is 1.30 bits per heavy atom. The molecule has 3 rings (SSSR count). The van der Waals surface area contributed by atoms with E-state index in [1.165, 1.54) is 10.4 Å². The van der Waals surface area contributed by atoms with Gasteiger partial charge in [-0.1, -0.05) is 19.9 Å². The van der Waals surface area contributed by atoms with E-state index in [0.29, 0.717) is 36.0 Å². The first-order chi connectivity index (χ1) is 12.8. The number of amides is 1. The number of benzene rings is 1. The van der Waals surface area contributed by atoms with E-state index >= 15 is 0 Å². The molecule has 0 radical (unpaired) electrons. The normalized spacial score (nSPS) is 15.4. The fourth-order valence-corrected chi connectivity index (χ4v) is 4.80. The molecule has 0 unspecified atom stereocenters. The third kappa shape index (κ3) is 4.36. The molecule has 1 aromatic heterocycles. The average molecular weight is 391 g/mol. The lowest BCUT2D eigenvalue weighted by atomic mass is 10.2. The number of carbonyl (C=O) groups is 1. The number of anilines is 1. The van der Waals surface area contributed by atoms with Crippen molar-refractivity contribution in [2.24, 2.45) is 0 Å². The Bertz CT molecular complexity index is 930. The Labute approximate surface area is 159 Å². The second-order valence-corrected chi connectivity index (χ2v) is 9.02. The minimum Gasteiger partial charge on any atom is -0.326 e. The lowest BCUT2D eigenvalue weighted by Crippen LogP contribution is -2.28. The summed E-state index contributed by atoms with van der Waals surface area (Å²) >= 11 is 0. The molecule has 8 nitrogen and oxygen atoms in total. The van der Waals surface area contributed by atoms with Crippen LogP contribution in [-0.2, 0) is 21.2 Å². The molecule has 1 aliphatic heterocycles. The lowest BCUT2D eigenvalue weighted by Gasteiger charge is -2.18. The number of nitrogens with zero attached hydrogens (tertiary/aromatic N) is 3. The Balaban J connectivity index is 1.74. The summed E-state index contributed by atoms with van der Waals surface area (Å²) in [5, 5.41) is 9.59. The summed E-state index contributed by atoms with van der Waals surface area (Å²) in [7, 11) is -3.54. The highest BCUT2D eigenvalue weighted by molar-refractivity contribution is 7.89. The van der Waals surface area contributed by atoms with E-state index in [9.17, 15) is 13.2 Å². The van der Waals surface area contributed by atoms with E-state index in [4.69, 9.17) is 0 Å². The molecule has 146 valence electrons. The molecule has 1 amide bonds. The van der Waals surface area contributed by atoms with Gasteiger partial charge in [0.2, 0.25) is 15.9 Å². The first-order valence-corrected chi connectivity index (χ1v) is 10.5. The van der Waals surface area contributed by atoms with Gasteiger partial charge in [-0.15, -0.1) is 0 Å². The number of nitrogens with one attached hydrogen (secondary N) is 2. The fourth-order valence-electron chi connectivity index (χ4n) is 3.03. The monoisotopic (exact) mass is 391 g/mol. The van der Waals surface area contributed by atoms with Crippen LogP contribution < -0.4 is 5.32 Å². The molecular formula is C18H25N5O3S. The minimum atomic E-state index is -3.54. The molecule has 0 atom stereocenters. The van der Waals surface area contributed by atoms with Crippen molar-refractivity contribution >= 4 is 21.6 Å². The zero-order chi connectivity index (χ0) is 19.6. The molecule has 27 heavy (non-hydrogen) atoms. The SMILES string of the molecule is Cc1ccc(NC(=O)Cc2nc(C(C)C)n[nH]2)cc1S(=O)(=O)N1CCCC1. The van der Waals surface area contributed by atoms with Crippen LogP contribution in [0.5, 0.6) is 0 Å². The second-order valence-electron chi connectivity index (χ2n) is 7.11. The zero-order valence-electron chi connectivity index (χ0n) is 15.8. The number of sulfonamides is 1. The second kappa shape index (κ2) is 7.77. The summed E-state index contributed by atoms with van der Waals surface area (Å²) in [5.74, 6) is 1.03. The van der Waals surface area contributed by atoms with Crippen LogP contribution >= 0.6 is 0 Å². The van der Waals surface area contributed by atoms with Crippen molar-refractivity contribution in [2.45, 2.75) is 50.8 Å². The molecule has 2 N–H and O–H groups in total. The molecule has 1 saturated heterocycles. The number of aromatic amines is 1. The number of hydrogen-bond acceptors (Lipinski definition) is 5. The lowest BCUT2D eigenvalue weighted by molar-refractivity contribution is -0.115. The van der Waals surface area contributed by atoms with E-state index < -0.39 is 10.0 Å². The van der Waals surface area contributed by atoms with Gasteiger partial charge in [-0.05, 0) is 37.5 Å². The summed E-state index contributed by atoms with van der Waals surface area (Å²) in [6, 6.07) is 4.95. The van der Waals surface area contributed by atoms with Crippen molar-refractivity contribution in [3.8, 4) is 0 Å². The highest BCUT2D eigenvalue weighted by Crippen LogP contribution is 2.26. The van der Waals surface area contributed by atoms with Crippen LogP contribution in [0.15, 0.2) is 23.1 Å². The smallest absolute Gasteiger partial charge is 0.243 e. The fraction of sp³-hybridized carbons (Fsp3) is 0.500. The maximum atomic E-state index is 12.8. The summed E-state index contributed by atoms with van der Waals surface area (Å²) in [5.41, 5.74) is 1.11. The first-order valence-electron chi connectivity index (χ1n) is 9.09. The van der Waals surface area contributed by atoms with Gasteiger partial charge in [-0.25, -0.2) is 13.4 Å². The van der Waals surface area contributed by atoms with Gasteiger partial charge in [0.15, 0.2) is 5.82 Å². The van der Waals surface area contributed by atoms with E-state index in [1.807, 2.05) is 13.8 Å². The van der Waals surface area contributed by atoms with Crippen molar-refractivity contribution in [2.75, 3.05) is 18.4 Å². The van der Waals surface area contributed by atoms with Crippen molar-refractivity contribution < 1.29 is 13.2 Å². The third-order valence-corrected chi connectivity index (χ3v) is 6.59. The van der Waals surface area contributed by atoms with Crippen molar-refractivity contribution in [1.29, 1.82) is 0 Å². The zero-order valence-corrected chi connectivity index (χ0v) is 16.6. The Morgan fingerprint density at radius 2 is 2.00 bits per heavy atom. The van der Waals surface area contributed by atoms with Gasteiger partial charge in [0.05, 0.1) is 11.3 Å². The Kier molecular flexibility index (Phi) is 5.61. The van der Waals surface area contributed by atoms with Gasteiger partial charge >= 0.3 is 0 Å². The van der Waals surface area contributed by atoms with Crippen LogP contribution in [0.25, 0.3) is 0 Å². The van der Waals surface area contributed by atoms with E-state index in [1.54, 1.807) is 19.1 Å². The van der Waals surface area contributed by atoms with Gasteiger partial charge < -0.3 is 5.32 Å². The quantitative estimate of drug-likeness (QED) is 0.785. The molecule has 0 spiro atoms. The predicted molar refractivity (Wildman–Crippen MR) is 102 cm³/mol. The molecule has 2 aromatic rings. The van der Waals surface area contributed by atoms with Crippen molar-refractivity contribution in [3.63, 3.8) is 0 Å². The molecule has 0 saturated carbocycles. The molecule has 0 aliphatic carbocycles. The van der Waals surface area contributed by atoms with Gasteiger partial charge in [-0.3, -0.25) is 9.89 Å². The molecular weight excluding hydrogens is 366 g/mol. The summed E-state index contributed by atoms with van der Waals surface area (Å²) in [6.45, 7) is 6.80. The van der Waals surface area contributed by atoms with Crippen molar-refractivity contribution in [1.82, 2.24) is 19.5 Å². The molecule has 2 heterocycles. The highest BCUT2D eigenvalue weighted by Gasteiger charge is 2.28. The van der Waals surface area contributed by atoms with Gasteiger partial charge in [-0.2, -0.15) is 9.40 Å². The van der Waals surface area contributed by atoms with Gasteiger partial charge in [0, 0.05) is 24.7 Å². The standard InChI is InChI=1S/C18H25N5O3S/c1-12(2)18-20-16(21-22-18)11-17(24)19-14-7-6-13(3)15(10-14)27(25,26)23-8-4-5-9-23/h6-7,10,12H,4-5,8-9,11H2,1-3H3,(H,19,24)(H,20,21,22). The van der Waals surface area contributed by atoms with E-state index in [-0.39, 0.29) is 23.1 Å². The largest absolute Gasteiger partial charge is 0.326 e. The topological polar surface area (TPSA) is 108 Å². The number of aryl methyl sites for hydroxylation is 1. The Morgan fingerprint density at radius 3 is 2.63 bits per heavy atom. The molecule has 9 heteroatoms. The van der Waals surface area contributed by atoms with Crippen LogP contribution in [0.1, 0.15) is 49.8 Å². The number of H-pyrrole nitrogens is 1. The van der Waals surface area contributed by atoms with E-state index in [2.05, 4.69) is 20.5 Å². The van der Waals surface area contributed by atoms with Gasteiger partial charge in [0.1, 0.15) is 5.82 Å². The number of carbonyl (C=O) groups excluding carboxylic acids is 1. The average Bonchev–Trinajstić information content (AvgIpc) is 3.28. The van der Waals surface area contributed by atoms with Gasteiger partial charge in [0.25, 0.3) is 0 Å². The first kappa shape index (κ1) is 19.5. The maximum Gasteiger partial charge on any atom is 0.243 e. The highest BCUT2D eigenvalue weighted by atomic mass is 32.2. The van der Waals surface area contributed by atoms with Crippen molar-refractivity contribution in [3.05, 3.63) is 35.4 Å². The summed E-state index contributed by atoms with van der Waals surface area (Å²) in [4.78, 5) is 16.8. The molecule has 1 aromatic carbocycles. The molecule has 1 aliphatic rings. The van der Waals surface area contributed by atoms with Crippen LogP contribution in [0.4, 0.5) is 5.69 Å². The minimum absolute atomic E-state index is 0.0435. The third-order valence-electron chi connectivity index (χ3n) is 4.55. The Hall–Kier alpha value is -2.26. The molecule has 0 bridgehead atoms. The number of hydrogen-bond donors (Lipinski definition) is 2. The van der Waals surface area contributed by atoms with Crippen LogP contribution in [0, 0.1) is 6.92 Å². The van der Waals surface area contributed by atoms with E-state index in [0.717, 1.165) is 12.8 Å².